The molecule has 0 amide bonds. The van der Waals surface area contributed by atoms with Crippen molar-refractivity contribution in [2.24, 2.45) is 0 Å². The Morgan fingerprint density at radius 3 is 1.79 bits per heavy atom. The van der Waals surface area contributed by atoms with Gasteiger partial charge in [0.15, 0.2) is 5.82 Å². The number of benzene rings is 5. The summed E-state index contributed by atoms with van der Waals surface area (Å²) in [7, 11) is -0.409. The number of hydrogen-bond acceptors (Lipinski definition) is 4. The van der Waals surface area contributed by atoms with E-state index in [9.17, 15) is 0 Å². The van der Waals surface area contributed by atoms with Crippen LogP contribution in [0, 0.1) is 0 Å². The predicted molar refractivity (Wildman–Crippen MR) is 177 cm³/mol. The van der Waals surface area contributed by atoms with Crippen molar-refractivity contribution < 1.29 is 9.31 Å². The van der Waals surface area contributed by atoms with E-state index in [0.717, 1.165) is 44.3 Å². The highest BCUT2D eigenvalue weighted by molar-refractivity contribution is 6.62. The molecule has 0 radical (unpaired) electrons. The molecule has 0 unspecified atom stereocenters. The fourth-order valence-electron chi connectivity index (χ4n) is 5.56. The van der Waals surface area contributed by atoms with E-state index < -0.39 is 7.12 Å². The van der Waals surface area contributed by atoms with Crippen molar-refractivity contribution in [3.63, 3.8) is 0 Å². The van der Waals surface area contributed by atoms with Crippen molar-refractivity contribution >= 4 is 23.5 Å². The lowest BCUT2D eigenvalue weighted by Crippen LogP contribution is -2.41. The first-order chi connectivity index (χ1) is 20.8. The Bertz CT molecular complexity index is 1920. The van der Waals surface area contributed by atoms with Crippen LogP contribution in [-0.4, -0.2) is 28.3 Å². The largest absolute Gasteiger partial charge is 0.494 e. The molecule has 1 aliphatic rings. The topological polar surface area (TPSA) is 44.2 Å². The lowest BCUT2D eigenvalue weighted by molar-refractivity contribution is 0.00578. The van der Waals surface area contributed by atoms with Gasteiger partial charge in [0.2, 0.25) is 0 Å². The normalized spacial score (nSPS) is 15.6. The van der Waals surface area contributed by atoms with E-state index in [1.807, 2.05) is 18.2 Å². The summed E-state index contributed by atoms with van der Waals surface area (Å²) >= 11 is 0. The molecule has 0 aliphatic carbocycles. The van der Waals surface area contributed by atoms with Crippen LogP contribution in [0.1, 0.15) is 27.7 Å². The minimum Gasteiger partial charge on any atom is -0.399 e. The zero-order valence-electron chi connectivity index (χ0n) is 24.9. The van der Waals surface area contributed by atoms with Gasteiger partial charge in [-0.2, -0.15) is 0 Å². The molecule has 2 heterocycles. The van der Waals surface area contributed by atoms with Crippen LogP contribution in [0.5, 0.6) is 0 Å². The van der Waals surface area contributed by atoms with Gasteiger partial charge in [-0.25, -0.2) is 9.97 Å². The van der Waals surface area contributed by atoms with Crippen molar-refractivity contribution in [2.75, 3.05) is 0 Å². The molecule has 0 bridgehead atoms. The van der Waals surface area contributed by atoms with Gasteiger partial charge in [-0.05, 0) is 67.5 Å². The molecule has 1 saturated heterocycles. The number of para-hydroxylation sites is 1. The van der Waals surface area contributed by atoms with Crippen molar-refractivity contribution in [1.29, 1.82) is 0 Å². The smallest absolute Gasteiger partial charge is 0.399 e. The molecule has 210 valence electrons. The summed E-state index contributed by atoms with van der Waals surface area (Å²) in [6.45, 7) is 8.32. The van der Waals surface area contributed by atoms with E-state index in [4.69, 9.17) is 19.3 Å². The molecule has 1 fully saturated rings. The molecule has 0 saturated carbocycles. The Balaban J connectivity index is 1.25. The highest BCUT2D eigenvalue weighted by Crippen LogP contribution is 2.37. The summed E-state index contributed by atoms with van der Waals surface area (Å²) in [5.41, 5.74) is 8.65. The monoisotopic (exact) mass is 560 g/mol. The summed E-state index contributed by atoms with van der Waals surface area (Å²) in [5, 5.41) is 1.03. The predicted octanol–water partition coefficient (Wildman–Crippen LogP) is 8.60. The standard InChI is InChI=1S/C38H33BN2O2/c1-37(2)38(3,4)43-39(42-37)32-17-11-15-30(25-32)29-14-10-16-31(24-29)36-40-34-19-9-8-18-33(34)35(41-36)28-22-20-27(21-23-28)26-12-6-5-7-13-26/h5-25H,1-4H3. The Labute approximate surface area is 253 Å². The maximum Gasteiger partial charge on any atom is 0.494 e. The van der Waals surface area contributed by atoms with Crippen LogP contribution in [0.3, 0.4) is 0 Å². The van der Waals surface area contributed by atoms with Crippen LogP contribution in [-0.2, 0) is 9.31 Å². The highest BCUT2D eigenvalue weighted by Gasteiger charge is 2.51. The van der Waals surface area contributed by atoms with Gasteiger partial charge < -0.3 is 9.31 Å². The molecule has 0 N–H and O–H groups in total. The minimum absolute atomic E-state index is 0.388. The van der Waals surface area contributed by atoms with Gasteiger partial charge >= 0.3 is 7.12 Å². The molecule has 43 heavy (non-hydrogen) atoms. The van der Waals surface area contributed by atoms with Crippen LogP contribution in [0.15, 0.2) is 127 Å². The number of rotatable bonds is 5. The van der Waals surface area contributed by atoms with Crippen molar-refractivity contribution in [2.45, 2.75) is 38.9 Å². The molecule has 5 heteroatoms. The second-order valence-electron chi connectivity index (χ2n) is 12.2. The van der Waals surface area contributed by atoms with Gasteiger partial charge in [-0.15, -0.1) is 0 Å². The third-order valence-electron chi connectivity index (χ3n) is 8.73. The highest BCUT2D eigenvalue weighted by atomic mass is 16.7. The molecule has 1 aromatic heterocycles. The Kier molecular flexibility index (Phi) is 6.73. The zero-order chi connectivity index (χ0) is 29.6. The third-order valence-corrected chi connectivity index (χ3v) is 8.73. The van der Waals surface area contributed by atoms with Crippen molar-refractivity contribution in [3.8, 4) is 44.9 Å². The second-order valence-corrected chi connectivity index (χ2v) is 12.2. The molecule has 7 rings (SSSR count). The van der Waals surface area contributed by atoms with E-state index in [1.54, 1.807) is 0 Å². The summed E-state index contributed by atoms with van der Waals surface area (Å²) in [6, 6.07) is 44.1. The Hall–Kier alpha value is -4.58. The third kappa shape index (κ3) is 5.16. The average Bonchev–Trinajstić information content (AvgIpc) is 3.27. The van der Waals surface area contributed by atoms with E-state index in [0.29, 0.717) is 5.82 Å². The average molecular weight is 561 g/mol. The van der Waals surface area contributed by atoms with Crippen LogP contribution in [0.25, 0.3) is 55.8 Å². The first-order valence-corrected chi connectivity index (χ1v) is 14.8. The van der Waals surface area contributed by atoms with Gasteiger partial charge in [0.25, 0.3) is 0 Å². The molecule has 0 spiro atoms. The first kappa shape index (κ1) is 27.3. The maximum atomic E-state index is 6.32. The zero-order valence-corrected chi connectivity index (χ0v) is 24.9. The number of hydrogen-bond donors (Lipinski definition) is 0. The van der Waals surface area contributed by atoms with Gasteiger partial charge in [0.05, 0.1) is 22.4 Å². The second kappa shape index (κ2) is 10.6. The molecule has 5 aromatic carbocycles. The quantitative estimate of drug-likeness (QED) is 0.198. The molecular weight excluding hydrogens is 527 g/mol. The number of aromatic nitrogens is 2. The van der Waals surface area contributed by atoms with Crippen LogP contribution >= 0.6 is 0 Å². The van der Waals surface area contributed by atoms with Gasteiger partial charge in [0.1, 0.15) is 0 Å². The summed E-state index contributed by atoms with van der Waals surface area (Å²) in [5.74, 6) is 0.699. The Morgan fingerprint density at radius 2 is 1.05 bits per heavy atom. The molecule has 4 nitrogen and oxygen atoms in total. The summed E-state index contributed by atoms with van der Waals surface area (Å²) < 4.78 is 12.6. The minimum atomic E-state index is -0.409. The van der Waals surface area contributed by atoms with Gasteiger partial charge in [-0.3, -0.25) is 0 Å². The van der Waals surface area contributed by atoms with Gasteiger partial charge in [-0.1, -0.05) is 115 Å². The fourth-order valence-corrected chi connectivity index (χ4v) is 5.56. The molecule has 0 atom stereocenters. The summed E-state index contributed by atoms with van der Waals surface area (Å²) in [4.78, 5) is 10.1. The summed E-state index contributed by atoms with van der Waals surface area (Å²) in [6.07, 6.45) is 0. The first-order valence-electron chi connectivity index (χ1n) is 14.8. The molecule has 1 aliphatic heterocycles. The Morgan fingerprint density at radius 1 is 0.488 bits per heavy atom. The van der Waals surface area contributed by atoms with Gasteiger partial charge in [0, 0.05) is 16.5 Å². The van der Waals surface area contributed by atoms with Crippen molar-refractivity contribution in [1.82, 2.24) is 9.97 Å². The van der Waals surface area contributed by atoms with Crippen molar-refractivity contribution in [3.05, 3.63) is 127 Å². The molecular formula is C38H33BN2O2. The fraction of sp³-hybridized carbons (Fsp3) is 0.158. The van der Waals surface area contributed by atoms with E-state index in [-0.39, 0.29) is 11.2 Å². The maximum absolute atomic E-state index is 6.32. The number of nitrogens with zero attached hydrogens (tertiary/aromatic N) is 2. The van der Waals surface area contributed by atoms with Crippen LogP contribution < -0.4 is 5.46 Å². The van der Waals surface area contributed by atoms with Crippen LogP contribution in [0.2, 0.25) is 0 Å². The van der Waals surface area contributed by atoms with Crippen LogP contribution in [0.4, 0.5) is 0 Å². The number of fused-ring (bicyclic) bond motifs is 1. The van der Waals surface area contributed by atoms with E-state index >= 15 is 0 Å². The van der Waals surface area contributed by atoms with E-state index in [1.165, 1.54) is 11.1 Å². The van der Waals surface area contributed by atoms with E-state index in [2.05, 4.69) is 137 Å². The lowest BCUT2D eigenvalue weighted by atomic mass is 9.78. The lowest BCUT2D eigenvalue weighted by Gasteiger charge is -2.32. The molecule has 6 aromatic rings. The SMILES string of the molecule is CC1(C)OB(c2cccc(-c3cccc(-c4nc(-c5ccc(-c6ccccc6)cc5)c5ccccc5n4)c3)c2)OC1(C)C.